The number of carbonyl (C=O) groups is 1. The molecule has 1 aromatic rings. The number of amides is 1. The molecule has 92 valence electrons. The van der Waals surface area contributed by atoms with Crippen molar-refractivity contribution < 1.29 is 9.53 Å². The van der Waals surface area contributed by atoms with Crippen LogP contribution in [-0.2, 0) is 4.74 Å². The van der Waals surface area contributed by atoms with Gasteiger partial charge < -0.3 is 9.64 Å². The summed E-state index contributed by atoms with van der Waals surface area (Å²) in [6, 6.07) is 0. The smallest absolute Gasteiger partial charge is 0.276 e. The normalized spacial score (nSPS) is 23.2. The third-order valence-corrected chi connectivity index (χ3v) is 3.78. The van der Waals surface area contributed by atoms with Gasteiger partial charge in [-0.25, -0.2) is 0 Å². The molecule has 1 aliphatic carbocycles. The first-order valence-electron chi connectivity index (χ1n) is 6.02. The lowest BCUT2D eigenvalue weighted by Crippen LogP contribution is -2.45. The Balaban J connectivity index is 1.75. The highest BCUT2D eigenvalue weighted by Gasteiger charge is 2.41. The number of H-pyrrole nitrogens is 1. The van der Waals surface area contributed by atoms with Crippen molar-refractivity contribution in [3.8, 4) is 0 Å². The number of aromatic amines is 1. The molecule has 0 atom stereocenters. The van der Waals surface area contributed by atoms with Gasteiger partial charge in [0.15, 0.2) is 5.69 Å². The summed E-state index contributed by atoms with van der Waals surface area (Å²) in [5.41, 5.74) is 0.594. The average Bonchev–Trinajstić information content (AvgIpc) is 2.71. The number of hydrogen-bond donors (Lipinski definition) is 1. The fourth-order valence-corrected chi connectivity index (χ4v) is 2.61. The van der Waals surface area contributed by atoms with Gasteiger partial charge in [-0.05, 0) is 12.8 Å². The molecule has 2 aliphatic rings. The van der Waals surface area contributed by atoms with E-state index >= 15 is 0 Å². The van der Waals surface area contributed by atoms with E-state index in [1.165, 1.54) is 12.6 Å². The third-order valence-electron chi connectivity index (χ3n) is 3.78. The minimum atomic E-state index is -0.0458. The van der Waals surface area contributed by atoms with Crippen LogP contribution in [0.4, 0.5) is 0 Å². The molecule has 3 rings (SSSR count). The van der Waals surface area contributed by atoms with Crippen molar-refractivity contribution in [1.29, 1.82) is 0 Å². The van der Waals surface area contributed by atoms with Gasteiger partial charge in [-0.3, -0.25) is 4.79 Å². The number of ether oxygens (including phenoxy) is 1. The van der Waals surface area contributed by atoms with E-state index in [1.807, 2.05) is 4.90 Å². The van der Waals surface area contributed by atoms with Crippen molar-refractivity contribution in [2.75, 3.05) is 26.3 Å². The van der Waals surface area contributed by atoms with Gasteiger partial charge in [0.05, 0.1) is 19.4 Å². The number of rotatable bonds is 1. The van der Waals surface area contributed by atoms with E-state index in [0.717, 1.165) is 26.0 Å². The molecule has 1 amide bonds. The molecular formula is C11H16N4O2. The Morgan fingerprint density at radius 1 is 1.53 bits per heavy atom. The van der Waals surface area contributed by atoms with Gasteiger partial charge in [0.2, 0.25) is 0 Å². The molecule has 2 fully saturated rings. The first-order chi connectivity index (χ1) is 8.29. The zero-order valence-electron chi connectivity index (χ0n) is 9.69. The molecule has 2 heterocycles. The zero-order chi connectivity index (χ0) is 11.7. The van der Waals surface area contributed by atoms with E-state index in [2.05, 4.69) is 15.4 Å². The third kappa shape index (κ3) is 1.93. The summed E-state index contributed by atoms with van der Waals surface area (Å²) in [4.78, 5) is 14.0. The molecule has 1 saturated carbocycles. The highest BCUT2D eigenvalue weighted by atomic mass is 16.5. The first kappa shape index (κ1) is 10.7. The quantitative estimate of drug-likeness (QED) is 0.768. The summed E-state index contributed by atoms with van der Waals surface area (Å²) in [7, 11) is 0. The van der Waals surface area contributed by atoms with Crippen LogP contribution in [0.15, 0.2) is 6.20 Å². The second-order valence-electron chi connectivity index (χ2n) is 4.99. The lowest BCUT2D eigenvalue weighted by molar-refractivity contribution is 0.0103. The summed E-state index contributed by atoms with van der Waals surface area (Å²) in [5, 5.41) is 10.00. The van der Waals surface area contributed by atoms with Gasteiger partial charge in [-0.15, -0.1) is 0 Å². The molecule has 0 unspecified atom stereocenters. The van der Waals surface area contributed by atoms with Crippen LogP contribution in [0.3, 0.4) is 0 Å². The Morgan fingerprint density at radius 2 is 2.41 bits per heavy atom. The minimum Gasteiger partial charge on any atom is -0.379 e. The number of nitrogens with zero attached hydrogens (tertiary/aromatic N) is 3. The summed E-state index contributed by atoms with van der Waals surface area (Å²) in [6.07, 6.45) is 5.04. The van der Waals surface area contributed by atoms with Gasteiger partial charge in [-0.1, -0.05) is 6.42 Å². The largest absolute Gasteiger partial charge is 0.379 e. The van der Waals surface area contributed by atoms with Crippen molar-refractivity contribution in [2.45, 2.75) is 19.3 Å². The Labute approximate surface area is 99.3 Å². The van der Waals surface area contributed by atoms with E-state index in [9.17, 15) is 4.79 Å². The van der Waals surface area contributed by atoms with Gasteiger partial charge in [0.25, 0.3) is 5.91 Å². The number of hydrogen-bond acceptors (Lipinski definition) is 4. The molecule has 1 aromatic heterocycles. The van der Waals surface area contributed by atoms with E-state index in [1.54, 1.807) is 0 Å². The average molecular weight is 236 g/mol. The molecule has 0 bridgehead atoms. The first-order valence-corrected chi connectivity index (χ1v) is 6.02. The Bertz CT molecular complexity index is 400. The maximum atomic E-state index is 12.2. The predicted octanol–water partition coefficient (Wildman–Crippen LogP) is 0.447. The van der Waals surface area contributed by atoms with Crippen LogP contribution < -0.4 is 0 Å². The SMILES string of the molecule is O=C(c1cn[nH]n1)N1CCOCC2(CCC2)C1. The van der Waals surface area contributed by atoms with Crippen LogP contribution in [-0.4, -0.2) is 52.5 Å². The Hall–Kier alpha value is -1.43. The zero-order valence-corrected chi connectivity index (χ0v) is 9.69. The lowest BCUT2D eigenvalue weighted by Gasteiger charge is -2.42. The Morgan fingerprint density at radius 3 is 3.06 bits per heavy atom. The number of aromatic nitrogens is 3. The van der Waals surface area contributed by atoms with Crippen molar-refractivity contribution in [2.24, 2.45) is 5.41 Å². The van der Waals surface area contributed by atoms with Crippen LogP contribution in [0.1, 0.15) is 29.8 Å². The van der Waals surface area contributed by atoms with Gasteiger partial charge in [0, 0.05) is 18.5 Å². The van der Waals surface area contributed by atoms with E-state index < -0.39 is 0 Å². The molecule has 17 heavy (non-hydrogen) atoms. The summed E-state index contributed by atoms with van der Waals surface area (Å²) < 4.78 is 5.61. The fraction of sp³-hybridized carbons (Fsp3) is 0.727. The number of nitrogens with one attached hydrogen (secondary N) is 1. The highest BCUT2D eigenvalue weighted by Crippen LogP contribution is 2.42. The molecular weight excluding hydrogens is 220 g/mol. The van der Waals surface area contributed by atoms with Crippen molar-refractivity contribution in [3.05, 3.63) is 11.9 Å². The van der Waals surface area contributed by atoms with E-state index in [-0.39, 0.29) is 11.3 Å². The molecule has 1 aliphatic heterocycles. The summed E-state index contributed by atoms with van der Waals surface area (Å²) in [6.45, 7) is 2.84. The van der Waals surface area contributed by atoms with Crippen LogP contribution >= 0.6 is 0 Å². The second kappa shape index (κ2) is 4.10. The fourth-order valence-electron chi connectivity index (χ4n) is 2.61. The van der Waals surface area contributed by atoms with Gasteiger partial charge in [-0.2, -0.15) is 15.4 Å². The number of carbonyl (C=O) groups excluding carboxylic acids is 1. The van der Waals surface area contributed by atoms with Crippen LogP contribution in [0, 0.1) is 5.41 Å². The summed E-state index contributed by atoms with van der Waals surface area (Å²) in [5.74, 6) is -0.0458. The minimum absolute atomic E-state index is 0.0458. The van der Waals surface area contributed by atoms with Crippen molar-refractivity contribution >= 4 is 5.91 Å². The lowest BCUT2D eigenvalue weighted by atomic mass is 9.69. The highest BCUT2D eigenvalue weighted by molar-refractivity contribution is 5.91. The van der Waals surface area contributed by atoms with E-state index in [4.69, 9.17) is 4.74 Å². The van der Waals surface area contributed by atoms with Crippen LogP contribution in [0.25, 0.3) is 0 Å². The van der Waals surface area contributed by atoms with Gasteiger partial charge in [0.1, 0.15) is 0 Å². The molecule has 0 radical (unpaired) electrons. The van der Waals surface area contributed by atoms with Crippen molar-refractivity contribution in [3.63, 3.8) is 0 Å². The molecule has 0 aromatic carbocycles. The molecule has 1 spiro atoms. The molecule has 6 heteroatoms. The Kier molecular flexibility index (Phi) is 2.58. The molecule has 1 saturated heterocycles. The molecule has 6 nitrogen and oxygen atoms in total. The monoisotopic (exact) mass is 236 g/mol. The van der Waals surface area contributed by atoms with Crippen molar-refractivity contribution in [1.82, 2.24) is 20.3 Å². The standard InChI is InChI=1S/C11H16N4O2/c16-10(9-6-12-14-13-9)15-4-5-17-8-11(7-15)2-1-3-11/h6H,1-5,7-8H2,(H,12,13,14). The summed E-state index contributed by atoms with van der Waals surface area (Å²) >= 11 is 0. The topological polar surface area (TPSA) is 71.1 Å². The van der Waals surface area contributed by atoms with Gasteiger partial charge >= 0.3 is 0 Å². The maximum absolute atomic E-state index is 12.2. The van der Waals surface area contributed by atoms with Crippen LogP contribution in [0.2, 0.25) is 0 Å². The van der Waals surface area contributed by atoms with E-state index in [0.29, 0.717) is 18.8 Å². The molecule has 1 N–H and O–H groups in total. The maximum Gasteiger partial charge on any atom is 0.276 e. The second-order valence-corrected chi connectivity index (χ2v) is 4.99. The van der Waals surface area contributed by atoms with Crippen LogP contribution in [0.5, 0.6) is 0 Å². The predicted molar refractivity (Wildman–Crippen MR) is 59.4 cm³/mol.